The van der Waals surface area contributed by atoms with Crippen LogP contribution in [0.5, 0.6) is 5.75 Å². The molecule has 0 aliphatic heterocycles. The van der Waals surface area contributed by atoms with E-state index in [0.717, 1.165) is 24.2 Å². The third-order valence-corrected chi connectivity index (χ3v) is 3.45. The van der Waals surface area contributed by atoms with Gasteiger partial charge in [0.25, 0.3) is 0 Å². The maximum absolute atomic E-state index is 12.1. The number of methoxy groups -OCH3 is 1. The van der Waals surface area contributed by atoms with Gasteiger partial charge in [0.2, 0.25) is 5.91 Å². The minimum Gasteiger partial charge on any atom is -0.497 e. The van der Waals surface area contributed by atoms with Crippen LogP contribution in [0.2, 0.25) is 0 Å². The predicted molar refractivity (Wildman–Crippen MR) is 68.6 cm³/mol. The standard InChI is InChI=1S/C14H19NO3/c1-18-12-5-3-11(4-6-12)14(7-8-14)13(17)15-9-2-10-16/h3-6,16H,2,7-10H2,1H3,(H,15,17). The van der Waals surface area contributed by atoms with Crippen molar-refractivity contribution < 1.29 is 14.6 Å². The zero-order valence-corrected chi connectivity index (χ0v) is 10.6. The van der Waals surface area contributed by atoms with E-state index in [-0.39, 0.29) is 17.9 Å². The van der Waals surface area contributed by atoms with Crippen molar-refractivity contribution in [2.75, 3.05) is 20.3 Å². The summed E-state index contributed by atoms with van der Waals surface area (Å²) < 4.78 is 5.11. The van der Waals surface area contributed by atoms with Crippen molar-refractivity contribution in [3.8, 4) is 5.75 Å². The molecular weight excluding hydrogens is 230 g/mol. The van der Waals surface area contributed by atoms with E-state index in [9.17, 15) is 4.79 Å². The molecular formula is C14H19NO3. The monoisotopic (exact) mass is 249 g/mol. The molecule has 4 heteroatoms. The first-order valence-corrected chi connectivity index (χ1v) is 6.26. The molecule has 0 unspecified atom stereocenters. The normalized spacial score (nSPS) is 16.1. The number of carbonyl (C=O) groups is 1. The van der Waals surface area contributed by atoms with Crippen LogP contribution < -0.4 is 10.1 Å². The minimum absolute atomic E-state index is 0.0705. The van der Waals surface area contributed by atoms with Crippen LogP contribution in [-0.4, -0.2) is 31.3 Å². The fourth-order valence-electron chi connectivity index (χ4n) is 2.13. The minimum atomic E-state index is -0.346. The van der Waals surface area contributed by atoms with Crippen molar-refractivity contribution in [2.24, 2.45) is 0 Å². The summed E-state index contributed by atoms with van der Waals surface area (Å²) in [6, 6.07) is 7.68. The Balaban J connectivity index is 2.03. The summed E-state index contributed by atoms with van der Waals surface area (Å²) in [5.41, 5.74) is 0.701. The Morgan fingerprint density at radius 2 is 2.06 bits per heavy atom. The SMILES string of the molecule is COc1ccc(C2(C(=O)NCCCO)CC2)cc1. The number of rotatable bonds is 6. The highest BCUT2D eigenvalue weighted by atomic mass is 16.5. The van der Waals surface area contributed by atoms with Crippen LogP contribution in [-0.2, 0) is 10.2 Å². The number of benzene rings is 1. The second kappa shape index (κ2) is 5.40. The molecule has 1 aliphatic carbocycles. The van der Waals surface area contributed by atoms with E-state index in [1.165, 1.54) is 0 Å². The maximum atomic E-state index is 12.1. The molecule has 1 saturated carbocycles. The number of aliphatic hydroxyl groups is 1. The van der Waals surface area contributed by atoms with E-state index < -0.39 is 0 Å². The van der Waals surface area contributed by atoms with Crippen LogP contribution in [0.1, 0.15) is 24.8 Å². The van der Waals surface area contributed by atoms with Crippen LogP contribution in [0.25, 0.3) is 0 Å². The van der Waals surface area contributed by atoms with E-state index in [4.69, 9.17) is 9.84 Å². The lowest BCUT2D eigenvalue weighted by molar-refractivity contribution is -0.123. The van der Waals surface area contributed by atoms with Crippen LogP contribution in [0.15, 0.2) is 24.3 Å². The summed E-state index contributed by atoms with van der Waals surface area (Å²) in [7, 11) is 1.63. The van der Waals surface area contributed by atoms with Crippen molar-refractivity contribution >= 4 is 5.91 Å². The summed E-state index contributed by atoms with van der Waals surface area (Å²) in [4.78, 5) is 12.1. The number of ether oxygens (including phenoxy) is 1. The van der Waals surface area contributed by atoms with Gasteiger partial charge in [-0.2, -0.15) is 0 Å². The number of hydrogen-bond acceptors (Lipinski definition) is 3. The molecule has 98 valence electrons. The maximum Gasteiger partial charge on any atom is 0.230 e. The second-order valence-electron chi connectivity index (χ2n) is 4.64. The third-order valence-electron chi connectivity index (χ3n) is 3.45. The van der Waals surface area contributed by atoms with Crippen molar-refractivity contribution in [1.82, 2.24) is 5.32 Å². The summed E-state index contributed by atoms with van der Waals surface area (Å²) in [5.74, 6) is 0.872. The van der Waals surface area contributed by atoms with Crippen molar-refractivity contribution in [3.63, 3.8) is 0 Å². The Kier molecular flexibility index (Phi) is 3.87. The lowest BCUT2D eigenvalue weighted by Crippen LogP contribution is -2.35. The molecule has 18 heavy (non-hydrogen) atoms. The molecule has 0 bridgehead atoms. The summed E-state index contributed by atoms with van der Waals surface area (Å²) >= 11 is 0. The molecule has 1 amide bonds. The molecule has 1 aliphatic rings. The number of nitrogens with one attached hydrogen (secondary N) is 1. The summed E-state index contributed by atoms with van der Waals surface area (Å²) in [5, 5.41) is 11.6. The van der Waals surface area contributed by atoms with Gasteiger partial charge in [0, 0.05) is 13.2 Å². The third kappa shape index (κ3) is 2.48. The molecule has 1 aromatic rings. The topological polar surface area (TPSA) is 58.6 Å². The number of amides is 1. The van der Waals surface area contributed by atoms with Gasteiger partial charge in [0.05, 0.1) is 12.5 Å². The van der Waals surface area contributed by atoms with E-state index in [0.29, 0.717) is 13.0 Å². The van der Waals surface area contributed by atoms with Gasteiger partial charge < -0.3 is 15.2 Å². The molecule has 2 N–H and O–H groups in total. The smallest absolute Gasteiger partial charge is 0.230 e. The summed E-state index contributed by atoms with van der Waals surface area (Å²) in [6.45, 7) is 0.642. The highest BCUT2D eigenvalue weighted by molar-refractivity contribution is 5.91. The van der Waals surface area contributed by atoms with Crippen LogP contribution in [0, 0.1) is 0 Å². The van der Waals surface area contributed by atoms with Crippen molar-refractivity contribution in [3.05, 3.63) is 29.8 Å². The summed E-state index contributed by atoms with van der Waals surface area (Å²) in [6.07, 6.45) is 2.39. The van der Waals surface area contributed by atoms with Crippen LogP contribution in [0.3, 0.4) is 0 Å². The molecule has 2 rings (SSSR count). The van der Waals surface area contributed by atoms with Crippen LogP contribution >= 0.6 is 0 Å². The first kappa shape index (κ1) is 12.9. The Labute approximate surface area is 107 Å². The van der Waals surface area contributed by atoms with Gasteiger partial charge in [0.15, 0.2) is 0 Å². The fourth-order valence-corrected chi connectivity index (χ4v) is 2.13. The molecule has 0 saturated heterocycles. The number of carbonyl (C=O) groups excluding carboxylic acids is 1. The number of hydrogen-bond donors (Lipinski definition) is 2. The van der Waals surface area contributed by atoms with E-state index in [2.05, 4.69) is 5.32 Å². The van der Waals surface area contributed by atoms with E-state index in [1.54, 1.807) is 7.11 Å². The fraction of sp³-hybridized carbons (Fsp3) is 0.500. The van der Waals surface area contributed by atoms with Crippen molar-refractivity contribution in [2.45, 2.75) is 24.7 Å². The molecule has 0 aromatic heterocycles. The quantitative estimate of drug-likeness (QED) is 0.745. The molecule has 0 atom stereocenters. The largest absolute Gasteiger partial charge is 0.497 e. The van der Waals surface area contributed by atoms with Gasteiger partial charge in [-0.05, 0) is 37.0 Å². The Morgan fingerprint density at radius 1 is 1.39 bits per heavy atom. The predicted octanol–water partition coefficient (Wildman–Crippen LogP) is 1.23. The van der Waals surface area contributed by atoms with Crippen molar-refractivity contribution in [1.29, 1.82) is 0 Å². The second-order valence-corrected chi connectivity index (χ2v) is 4.64. The Hall–Kier alpha value is -1.55. The average molecular weight is 249 g/mol. The molecule has 4 nitrogen and oxygen atoms in total. The zero-order valence-electron chi connectivity index (χ0n) is 10.6. The van der Waals surface area contributed by atoms with Crippen LogP contribution in [0.4, 0.5) is 0 Å². The highest BCUT2D eigenvalue weighted by Crippen LogP contribution is 2.48. The average Bonchev–Trinajstić information content (AvgIpc) is 3.20. The van der Waals surface area contributed by atoms with E-state index >= 15 is 0 Å². The first-order valence-electron chi connectivity index (χ1n) is 6.26. The van der Waals surface area contributed by atoms with Gasteiger partial charge >= 0.3 is 0 Å². The van der Waals surface area contributed by atoms with Gasteiger partial charge in [0.1, 0.15) is 5.75 Å². The van der Waals surface area contributed by atoms with Gasteiger partial charge in [-0.15, -0.1) is 0 Å². The molecule has 0 heterocycles. The zero-order chi connectivity index (χ0) is 13.0. The molecule has 0 spiro atoms. The highest BCUT2D eigenvalue weighted by Gasteiger charge is 2.50. The molecule has 1 aromatic carbocycles. The Bertz CT molecular complexity index is 410. The lowest BCUT2D eigenvalue weighted by atomic mass is 9.95. The molecule has 1 fully saturated rings. The van der Waals surface area contributed by atoms with Gasteiger partial charge in [-0.3, -0.25) is 4.79 Å². The first-order chi connectivity index (χ1) is 8.73. The van der Waals surface area contributed by atoms with Gasteiger partial charge in [-0.25, -0.2) is 0 Å². The Morgan fingerprint density at radius 3 is 2.56 bits per heavy atom. The molecule has 0 radical (unpaired) electrons. The number of aliphatic hydroxyl groups excluding tert-OH is 1. The lowest BCUT2D eigenvalue weighted by Gasteiger charge is -2.16. The van der Waals surface area contributed by atoms with E-state index in [1.807, 2.05) is 24.3 Å². The van der Waals surface area contributed by atoms with Gasteiger partial charge in [-0.1, -0.05) is 12.1 Å².